The lowest BCUT2D eigenvalue weighted by Crippen LogP contribution is -2.28. The quantitative estimate of drug-likeness (QED) is 0.771. The number of sulfonamides is 1. The largest absolute Gasteiger partial charge is 0.465 e. The van der Waals surface area contributed by atoms with Crippen LogP contribution in [0.3, 0.4) is 0 Å². The minimum absolute atomic E-state index is 0.263. The van der Waals surface area contributed by atoms with Gasteiger partial charge in [-0.05, 0) is 29.8 Å². The minimum atomic E-state index is -3.65. The molecule has 0 radical (unpaired) electrons. The van der Waals surface area contributed by atoms with E-state index in [1.165, 1.54) is 32.5 Å². The summed E-state index contributed by atoms with van der Waals surface area (Å²) in [4.78, 5) is 15.5. The Labute approximate surface area is 139 Å². The van der Waals surface area contributed by atoms with Gasteiger partial charge in [-0.25, -0.2) is 18.2 Å². The fourth-order valence-electron chi connectivity index (χ4n) is 1.91. The average molecular weight is 355 g/mol. The van der Waals surface area contributed by atoms with Gasteiger partial charge in [-0.15, -0.1) is 0 Å². The third kappa shape index (κ3) is 4.20. The highest BCUT2D eigenvalue weighted by atomic mass is 35.5. The maximum atomic E-state index is 12.5. The van der Waals surface area contributed by atoms with Crippen molar-refractivity contribution in [1.29, 1.82) is 0 Å². The average Bonchev–Trinajstić information content (AvgIpc) is 2.54. The third-order valence-electron chi connectivity index (χ3n) is 3.15. The van der Waals surface area contributed by atoms with E-state index in [2.05, 4.69) is 9.72 Å². The highest BCUT2D eigenvalue weighted by Gasteiger charge is 2.20. The summed E-state index contributed by atoms with van der Waals surface area (Å²) in [5.74, 6) is -0.519. The number of hydrogen-bond acceptors (Lipinski definition) is 5. The highest BCUT2D eigenvalue weighted by molar-refractivity contribution is 7.92. The van der Waals surface area contributed by atoms with Crippen LogP contribution in [0.4, 0.5) is 5.82 Å². The van der Waals surface area contributed by atoms with Crippen molar-refractivity contribution in [2.75, 3.05) is 18.5 Å². The highest BCUT2D eigenvalue weighted by Crippen LogP contribution is 2.19. The molecule has 0 fully saturated rings. The van der Waals surface area contributed by atoms with Crippen LogP contribution in [0, 0.1) is 0 Å². The number of carbonyl (C=O) groups is 1. The number of anilines is 1. The zero-order valence-corrected chi connectivity index (χ0v) is 14.1. The first-order valence-corrected chi connectivity index (χ1v) is 8.57. The van der Waals surface area contributed by atoms with Gasteiger partial charge >= 0.3 is 5.97 Å². The molecular weight excluding hydrogens is 340 g/mol. The first kappa shape index (κ1) is 17.2. The van der Waals surface area contributed by atoms with Crippen LogP contribution in [-0.2, 0) is 20.5 Å². The summed E-state index contributed by atoms with van der Waals surface area (Å²) >= 11 is 5.75. The third-order valence-corrected chi connectivity index (χ3v) is 5.09. The molecule has 0 aliphatic rings. The molecule has 0 saturated carbocycles. The van der Waals surface area contributed by atoms with Gasteiger partial charge in [0.15, 0.2) is 0 Å². The summed E-state index contributed by atoms with van der Waals surface area (Å²) in [6.07, 6.45) is 1.38. The lowest BCUT2D eigenvalue weighted by atomic mass is 10.1. The Hall–Kier alpha value is -2.12. The summed E-state index contributed by atoms with van der Waals surface area (Å²) < 4.78 is 30.7. The van der Waals surface area contributed by atoms with Crippen molar-refractivity contribution in [2.24, 2.45) is 0 Å². The lowest BCUT2D eigenvalue weighted by molar-refractivity contribution is 0.0600. The van der Waals surface area contributed by atoms with Gasteiger partial charge < -0.3 is 4.74 Å². The van der Waals surface area contributed by atoms with Gasteiger partial charge in [0.1, 0.15) is 5.82 Å². The fourth-order valence-corrected chi connectivity index (χ4v) is 3.21. The molecule has 0 saturated heterocycles. The number of rotatable bonds is 5. The number of aromatic nitrogens is 1. The lowest BCUT2D eigenvalue weighted by Gasteiger charge is -2.18. The second-order valence-corrected chi connectivity index (χ2v) is 7.19. The summed E-state index contributed by atoms with van der Waals surface area (Å²) in [5, 5.41) is 0.422. The summed E-state index contributed by atoms with van der Waals surface area (Å²) in [6, 6.07) is 9.38. The predicted octanol–water partition coefficient (Wildman–Crippen LogP) is 2.49. The smallest absolute Gasteiger partial charge is 0.337 e. The number of benzene rings is 1. The molecule has 0 N–H and O–H groups in total. The molecule has 1 aromatic carbocycles. The Bertz CT molecular complexity index is 806. The maximum Gasteiger partial charge on any atom is 0.337 e. The van der Waals surface area contributed by atoms with Crippen LogP contribution in [0.25, 0.3) is 0 Å². The van der Waals surface area contributed by atoms with E-state index < -0.39 is 16.0 Å². The zero-order valence-electron chi connectivity index (χ0n) is 12.6. The van der Waals surface area contributed by atoms with E-state index in [-0.39, 0.29) is 11.6 Å². The number of ether oxygens (including phenoxy) is 1. The summed E-state index contributed by atoms with van der Waals surface area (Å²) in [7, 11) is -0.971. The van der Waals surface area contributed by atoms with E-state index in [1.807, 2.05) is 0 Å². The molecule has 0 atom stereocenters. The number of nitrogens with zero attached hydrogens (tertiary/aromatic N) is 2. The Morgan fingerprint density at radius 2 is 2.04 bits per heavy atom. The van der Waals surface area contributed by atoms with Crippen molar-refractivity contribution in [3.05, 3.63) is 58.7 Å². The standard InChI is InChI=1S/C15H15ClN2O4S/c1-18(14-7-6-13(16)9-17-14)23(20,21)10-11-4-3-5-12(8-11)15(19)22-2/h3-9H,10H2,1-2H3. The van der Waals surface area contributed by atoms with Crippen LogP contribution in [0.15, 0.2) is 42.6 Å². The van der Waals surface area contributed by atoms with Crippen molar-refractivity contribution in [3.8, 4) is 0 Å². The molecule has 1 aromatic heterocycles. The van der Waals surface area contributed by atoms with E-state index in [0.717, 1.165) is 4.31 Å². The van der Waals surface area contributed by atoms with Crippen molar-refractivity contribution in [1.82, 2.24) is 4.98 Å². The van der Waals surface area contributed by atoms with Gasteiger partial charge in [0, 0.05) is 13.2 Å². The van der Waals surface area contributed by atoms with Crippen LogP contribution in [0.2, 0.25) is 5.02 Å². The normalized spacial score (nSPS) is 11.1. The molecule has 0 bridgehead atoms. The van der Waals surface area contributed by atoms with Gasteiger partial charge in [-0.2, -0.15) is 0 Å². The van der Waals surface area contributed by atoms with E-state index in [0.29, 0.717) is 16.1 Å². The second-order valence-electron chi connectivity index (χ2n) is 4.75. The summed E-state index contributed by atoms with van der Waals surface area (Å²) in [5.41, 5.74) is 0.779. The number of pyridine rings is 1. The number of carbonyl (C=O) groups excluding carboxylic acids is 1. The molecule has 0 unspecified atom stereocenters. The van der Waals surface area contributed by atoms with Crippen LogP contribution in [0.5, 0.6) is 0 Å². The second kappa shape index (κ2) is 6.97. The van der Waals surface area contributed by atoms with Crippen LogP contribution in [-0.4, -0.2) is 33.5 Å². The topological polar surface area (TPSA) is 76.6 Å². The van der Waals surface area contributed by atoms with Crippen molar-refractivity contribution >= 4 is 33.4 Å². The van der Waals surface area contributed by atoms with Crippen molar-refractivity contribution in [3.63, 3.8) is 0 Å². The molecular formula is C15H15ClN2O4S. The van der Waals surface area contributed by atoms with Crippen molar-refractivity contribution in [2.45, 2.75) is 5.75 Å². The van der Waals surface area contributed by atoms with Crippen LogP contribution >= 0.6 is 11.6 Å². The zero-order chi connectivity index (χ0) is 17.0. The monoisotopic (exact) mass is 354 g/mol. The van der Waals surface area contributed by atoms with Gasteiger partial charge in [0.05, 0.1) is 23.4 Å². The first-order valence-electron chi connectivity index (χ1n) is 6.59. The molecule has 0 spiro atoms. The summed E-state index contributed by atoms with van der Waals surface area (Å²) in [6.45, 7) is 0. The predicted molar refractivity (Wildman–Crippen MR) is 88.1 cm³/mol. The molecule has 6 nitrogen and oxygen atoms in total. The molecule has 2 rings (SSSR count). The fraction of sp³-hybridized carbons (Fsp3) is 0.200. The molecule has 8 heteroatoms. The number of halogens is 1. The Morgan fingerprint density at radius 1 is 1.30 bits per heavy atom. The first-order chi connectivity index (χ1) is 10.8. The molecule has 0 amide bonds. The van der Waals surface area contributed by atoms with Crippen molar-refractivity contribution < 1.29 is 17.9 Å². The van der Waals surface area contributed by atoms with Crippen LogP contribution < -0.4 is 4.31 Å². The Morgan fingerprint density at radius 3 is 2.65 bits per heavy atom. The number of hydrogen-bond donors (Lipinski definition) is 0. The van der Waals surface area contributed by atoms with E-state index in [9.17, 15) is 13.2 Å². The number of methoxy groups -OCH3 is 1. The number of esters is 1. The minimum Gasteiger partial charge on any atom is -0.465 e. The maximum absolute atomic E-state index is 12.5. The van der Waals surface area contributed by atoms with Gasteiger partial charge in [0.25, 0.3) is 0 Å². The van der Waals surface area contributed by atoms with E-state index in [1.54, 1.807) is 24.3 Å². The molecule has 0 aliphatic heterocycles. The Kier molecular flexibility index (Phi) is 5.23. The molecule has 1 heterocycles. The van der Waals surface area contributed by atoms with Gasteiger partial charge in [-0.3, -0.25) is 4.31 Å². The van der Waals surface area contributed by atoms with Crippen LogP contribution in [0.1, 0.15) is 15.9 Å². The van der Waals surface area contributed by atoms with Gasteiger partial charge in [0.2, 0.25) is 10.0 Å². The molecule has 122 valence electrons. The van der Waals surface area contributed by atoms with E-state index in [4.69, 9.17) is 11.6 Å². The Balaban J connectivity index is 2.24. The SMILES string of the molecule is COC(=O)c1cccc(CS(=O)(=O)N(C)c2ccc(Cl)cn2)c1. The molecule has 23 heavy (non-hydrogen) atoms. The molecule has 2 aromatic rings. The molecule has 0 aliphatic carbocycles. The van der Waals surface area contributed by atoms with E-state index >= 15 is 0 Å². The van der Waals surface area contributed by atoms with Gasteiger partial charge in [-0.1, -0.05) is 23.7 Å².